The fraction of sp³-hybridized carbons (Fsp3) is 0.571. The number of ether oxygens (including phenoxy) is 2. The van der Waals surface area contributed by atoms with E-state index in [0.29, 0.717) is 42.9 Å². The van der Waals surface area contributed by atoms with Crippen LogP contribution >= 0.6 is 0 Å². The first-order chi connectivity index (χ1) is 14.1. The van der Waals surface area contributed by atoms with Gasteiger partial charge in [-0.25, -0.2) is 0 Å². The molecule has 1 heterocycles. The molecule has 0 saturated heterocycles. The van der Waals surface area contributed by atoms with Crippen LogP contribution in [0.15, 0.2) is 18.2 Å². The summed E-state index contributed by atoms with van der Waals surface area (Å²) in [5.74, 6) is -0.116. The molecule has 0 bridgehead atoms. The lowest BCUT2D eigenvalue weighted by molar-refractivity contribution is -0.145. The summed E-state index contributed by atoms with van der Waals surface area (Å²) in [7, 11) is 0. The maximum Gasteiger partial charge on any atom is 0.313 e. The fourth-order valence-corrected chi connectivity index (χ4v) is 3.80. The number of hydrogen-bond acceptors (Lipinski definition) is 5. The number of nitrogens with one attached hydrogen (secondary N) is 2. The first kappa shape index (κ1) is 19.5. The van der Waals surface area contributed by atoms with Crippen molar-refractivity contribution in [1.29, 1.82) is 0 Å². The monoisotopic (exact) mass is 401 g/mol. The zero-order valence-electron chi connectivity index (χ0n) is 16.4. The van der Waals surface area contributed by atoms with Gasteiger partial charge < -0.3 is 25.0 Å². The lowest BCUT2D eigenvalue weighted by Crippen LogP contribution is -2.47. The molecule has 1 aromatic rings. The number of fused-ring (bicyclic) bond motifs is 1. The number of rotatable bonds is 6. The summed E-state index contributed by atoms with van der Waals surface area (Å²) in [4.78, 5) is 39.1. The Morgan fingerprint density at radius 1 is 1.00 bits per heavy atom. The van der Waals surface area contributed by atoms with Crippen LogP contribution in [-0.2, 0) is 14.4 Å². The second-order valence-electron chi connectivity index (χ2n) is 7.99. The molecule has 8 heteroatoms. The molecule has 29 heavy (non-hydrogen) atoms. The highest BCUT2D eigenvalue weighted by Crippen LogP contribution is 2.33. The minimum Gasteiger partial charge on any atom is -0.486 e. The van der Waals surface area contributed by atoms with Crippen molar-refractivity contribution in [2.45, 2.75) is 44.6 Å². The molecule has 1 aromatic carbocycles. The Balaban J connectivity index is 1.37. The quantitative estimate of drug-likeness (QED) is 0.707. The van der Waals surface area contributed by atoms with E-state index in [-0.39, 0.29) is 18.5 Å². The van der Waals surface area contributed by atoms with E-state index in [4.69, 9.17) is 9.47 Å². The van der Waals surface area contributed by atoms with Crippen molar-refractivity contribution >= 4 is 23.4 Å². The van der Waals surface area contributed by atoms with Gasteiger partial charge in [0.15, 0.2) is 11.5 Å². The lowest BCUT2D eigenvalue weighted by Gasteiger charge is -2.23. The van der Waals surface area contributed by atoms with Gasteiger partial charge in [0.05, 0.1) is 0 Å². The second kappa shape index (κ2) is 8.71. The summed E-state index contributed by atoms with van der Waals surface area (Å²) < 4.78 is 11.0. The van der Waals surface area contributed by atoms with Crippen molar-refractivity contribution in [2.75, 3.05) is 31.6 Å². The Kier molecular flexibility index (Phi) is 5.87. The maximum absolute atomic E-state index is 12.8. The van der Waals surface area contributed by atoms with E-state index in [1.54, 1.807) is 18.2 Å². The molecule has 8 nitrogen and oxygen atoms in total. The SMILES string of the molecule is O=C(CN(CC1CC1)C(=O)C(=O)Nc1ccc2c(c1)OCCO2)NC1CCCC1. The molecular formula is C21H27N3O5. The Morgan fingerprint density at radius 2 is 1.72 bits per heavy atom. The van der Waals surface area contributed by atoms with Gasteiger partial charge in [-0.05, 0) is 43.7 Å². The average molecular weight is 401 g/mol. The van der Waals surface area contributed by atoms with Crippen LogP contribution in [0.2, 0.25) is 0 Å². The third kappa shape index (κ3) is 5.19. The van der Waals surface area contributed by atoms with Crippen LogP contribution in [0.5, 0.6) is 11.5 Å². The number of amides is 3. The average Bonchev–Trinajstić information content (AvgIpc) is 3.39. The highest BCUT2D eigenvalue weighted by molar-refractivity contribution is 6.39. The van der Waals surface area contributed by atoms with Crippen molar-refractivity contribution in [3.8, 4) is 11.5 Å². The molecule has 0 atom stereocenters. The number of nitrogens with zero attached hydrogens (tertiary/aromatic N) is 1. The topological polar surface area (TPSA) is 97.0 Å². The van der Waals surface area contributed by atoms with Gasteiger partial charge >= 0.3 is 11.8 Å². The number of hydrogen-bond donors (Lipinski definition) is 2. The van der Waals surface area contributed by atoms with Crippen LogP contribution in [0.4, 0.5) is 5.69 Å². The summed E-state index contributed by atoms with van der Waals surface area (Å²) in [5.41, 5.74) is 0.453. The van der Waals surface area contributed by atoms with E-state index in [9.17, 15) is 14.4 Å². The fourth-order valence-electron chi connectivity index (χ4n) is 3.80. The smallest absolute Gasteiger partial charge is 0.313 e. The van der Waals surface area contributed by atoms with Gasteiger partial charge in [-0.15, -0.1) is 0 Å². The summed E-state index contributed by atoms with van der Waals surface area (Å²) in [5, 5.41) is 5.60. The predicted molar refractivity (Wildman–Crippen MR) is 106 cm³/mol. The Hall–Kier alpha value is -2.77. The first-order valence-electron chi connectivity index (χ1n) is 10.4. The summed E-state index contributed by atoms with van der Waals surface area (Å²) in [6.07, 6.45) is 6.25. The van der Waals surface area contributed by atoms with Gasteiger partial charge in [-0.3, -0.25) is 14.4 Å². The molecule has 2 aliphatic carbocycles. The molecule has 2 N–H and O–H groups in total. The van der Waals surface area contributed by atoms with Crippen molar-refractivity contribution in [2.24, 2.45) is 5.92 Å². The van der Waals surface area contributed by atoms with Crippen molar-refractivity contribution in [3.63, 3.8) is 0 Å². The molecular weight excluding hydrogens is 374 g/mol. The van der Waals surface area contributed by atoms with Crippen LogP contribution in [-0.4, -0.2) is 55.0 Å². The Labute approximate surface area is 169 Å². The van der Waals surface area contributed by atoms with E-state index in [1.807, 2.05) is 0 Å². The molecule has 4 rings (SSSR count). The normalized spacial score (nSPS) is 18.2. The largest absolute Gasteiger partial charge is 0.486 e. The number of carbonyl (C=O) groups is 3. The van der Waals surface area contributed by atoms with E-state index in [2.05, 4.69) is 10.6 Å². The zero-order valence-corrected chi connectivity index (χ0v) is 16.4. The number of benzene rings is 1. The molecule has 2 fully saturated rings. The van der Waals surface area contributed by atoms with Crippen molar-refractivity contribution in [1.82, 2.24) is 10.2 Å². The minimum absolute atomic E-state index is 0.0829. The molecule has 3 amide bonds. The third-order valence-electron chi connectivity index (χ3n) is 5.51. The lowest BCUT2D eigenvalue weighted by atomic mass is 10.2. The summed E-state index contributed by atoms with van der Waals surface area (Å²) in [6, 6.07) is 5.19. The summed E-state index contributed by atoms with van der Waals surface area (Å²) in [6.45, 7) is 1.27. The predicted octanol–water partition coefficient (Wildman–Crippen LogP) is 1.69. The number of anilines is 1. The zero-order chi connectivity index (χ0) is 20.2. The molecule has 2 saturated carbocycles. The Bertz CT molecular complexity index is 787. The maximum atomic E-state index is 12.8. The van der Waals surface area contributed by atoms with E-state index in [1.165, 1.54) is 4.90 Å². The molecule has 0 unspecified atom stereocenters. The molecule has 1 aliphatic heterocycles. The highest BCUT2D eigenvalue weighted by Gasteiger charge is 2.31. The van der Waals surface area contributed by atoms with Crippen LogP contribution in [0.1, 0.15) is 38.5 Å². The van der Waals surface area contributed by atoms with Crippen LogP contribution < -0.4 is 20.1 Å². The van der Waals surface area contributed by atoms with Crippen molar-refractivity contribution < 1.29 is 23.9 Å². The van der Waals surface area contributed by atoms with Crippen LogP contribution in [0.3, 0.4) is 0 Å². The van der Waals surface area contributed by atoms with Gasteiger partial charge in [0.25, 0.3) is 0 Å². The van der Waals surface area contributed by atoms with Gasteiger partial charge in [0.1, 0.15) is 19.8 Å². The van der Waals surface area contributed by atoms with E-state index < -0.39 is 11.8 Å². The van der Waals surface area contributed by atoms with E-state index >= 15 is 0 Å². The minimum atomic E-state index is -0.754. The standard InChI is InChI=1S/C21H27N3O5/c25-19(22-15-3-1-2-4-15)13-24(12-14-5-6-14)21(27)20(26)23-16-7-8-17-18(11-16)29-10-9-28-17/h7-8,11,14-15H,1-6,9-10,12-13H2,(H,22,25)(H,23,26). The highest BCUT2D eigenvalue weighted by atomic mass is 16.6. The molecule has 3 aliphatic rings. The molecule has 0 aromatic heterocycles. The van der Waals surface area contributed by atoms with Gasteiger partial charge in [0, 0.05) is 24.3 Å². The molecule has 156 valence electrons. The van der Waals surface area contributed by atoms with Gasteiger partial charge in [0.2, 0.25) is 5.91 Å². The number of carbonyl (C=O) groups excluding carboxylic acids is 3. The summed E-state index contributed by atoms with van der Waals surface area (Å²) >= 11 is 0. The van der Waals surface area contributed by atoms with Crippen LogP contribution in [0.25, 0.3) is 0 Å². The van der Waals surface area contributed by atoms with Crippen molar-refractivity contribution in [3.05, 3.63) is 18.2 Å². The second-order valence-corrected chi connectivity index (χ2v) is 7.99. The van der Waals surface area contributed by atoms with Gasteiger partial charge in [-0.1, -0.05) is 12.8 Å². The van der Waals surface area contributed by atoms with Gasteiger partial charge in [-0.2, -0.15) is 0 Å². The third-order valence-corrected chi connectivity index (χ3v) is 5.51. The molecule has 0 radical (unpaired) electrons. The molecule has 0 spiro atoms. The van der Waals surface area contributed by atoms with Crippen LogP contribution in [0, 0.1) is 5.92 Å². The Morgan fingerprint density at radius 3 is 2.45 bits per heavy atom. The van der Waals surface area contributed by atoms with E-state index in [0.717, 1.165) is 38.5 Å². The first-order valence-corrected chi connectivity index (χ1v) is 10.4.